The Morgan fingerprint density at radius 2 is 1.70 bits per heavy atom. The predicted molar refractivity (Wildman–Crippen MR) is 119 cm³/mol. The molecule has 1 saturated heterocycles. The molecule has 5 N–H and O–H groups in total. The molecule has 0 bridgehead atoms. The molecule has 1 aromatic carbocycles. The van der Waals surface area contributed by atoms with E-state index in [4.69, 9.17) is 9.84 Å². The highest BCUT2D eigenvalue weighted by Crippen LogP contribution is 2.28. The van der Waals surface area contributed by atoms with Crippen LogP contribution >= 0.6 is 0 Å². The maximum atomic E-state index is 12.3. The van der Waals surface area contributed by atoms with Crippen LogP contribution in [0.1, 0.15) is 36.6 Å². The van der Waals surface area contributed by atoms with Crippen molar-refractivity contribution in [3.63, 3.8) is 0 Å². The highest BCUT2D eigenvalue weighted by atomic mass is 16.6. The lowest BCUT2D eigenvalue weighted by Crippen LogP contribution is -2.36. The van der Waals surface area contributed by atoms with E-state index in [1.54, 1.807) is 0 Å². The Hall–Kier alpha value is -3.12. The first-order valence-corrected chi connectivity index (χ1v) is 10.6. The van der Waals surface area contributed by atoms with Gasteiger partial charge in [-0.3, -0.25) is 14.2 Å². The van der Waals surface area contributed by atoms with Crippen molar-refractivity contribution in [1.29, 1.82) is 0 Å². The first-order valence-electron chi connectivity index (χ1n) is 10.6. The number of amides is 2. The Morgan fingerprint density at radius 1 is 1.06 bits per heavy atom. The molecule has 33 heavy (non-hydrogen) atoms. The van der Waals surface area contributed by atoms with E-state index in [1.165, 1.54) is 12.3 Å². The average Bonchev–Trinajstić information content (AvgIpc) is 3.05. The molecule has 0 aliphatic carbocycles. The molecular formula is C22H28N4O7. The van der Waals surface area contributed by atoms with Crippen LogP contribution in [0.2, 0.25) is 0 Å². The molecule has 178 valence electrons. The van der Waals surface area contributed by atoms with Gasteiger partial charge < -0.3 is 30.7 Å². The van der Waals surface area contributed by atoms with Gasteiger partial charge in [0.15, 0.2) is 6.23 Å². The summed E-state index contributed by atoms with van der Waals surface area (Å²) in [4.78, 5) is 40.4. The summed E-state index contributed by atoms with van der Waals surface area (Å²) in [7, 11) is 0. The van der Waals surface area contributed by atoms with Crippen molar-refractivity contribution in [1.82, 2.24) is 9.55 Å². The molecule has 0 saturated carbocycles. The molecule has 4 atom stereocenters. The van der Waals surface area contributed by atoms with Crippen molar-refractivity contribution in [2.45, 2.75) is 57.6 Å². The zero-order chi connectivity index (χ0) is 24.1. The number of ether oxygens (including phenoxy) is 1. The maximum Gasteiger partial charge on any atom is 0.351 e. The van der Waals surface area contributed by atoms with E-state index in [0.717, 1.165) is 21.4 Å². The number of aliphatic hydroxyl groups is 3. The van der Waals surface area contributed by atoms with Gasteiger partial charge in [0.05, 0.1) is 6.61 Å². The summed E-state index contributed by atoms with van der Waals surface area (Å²) in [6.45, 7) is 3.29. The molecule has 2 heterocycles. The Kier molecular flexibility index (Phi) is 7.92. The molecule has 2 aromatic rings. The van der Waals surface area contributed by atoms with E-state index in [0.29, 0.717) is 6.42 Å². The normalized spacial score (nSPS) is 22.2. The highest BCUT2D eigenvalue weighted by molar-refractivity contribution is 5.93. The van der Waals surface area contributed by atoms with Crippen LogP contribution in [0.5, 0.6) is 0 Å². The van der Waals surface area contributed by atoms with Crippen LogP contribution < -0.4 is 16.3 Å². The molecule has 0 spiro atoms. The lowest BCUT2D eigenvalue weighted by atomic mass is 10.1. The number of anilines is 2. The van der Waals surface area contributed by atoms with E-state index in [9.17, 15) is 24.6 Å². The smallest absolute Gasteiger partial charge is 0.351 e. The number of aryl methyl sites for hydroxylation is 2. The molecule has 1 aliphatic rings. The first-order chi connectivity index (χ1) is 15.7. The zero-order valence-electron chi connectivity index (χ0n) is 18.4. The molecule has 0 radical (unpaired) electrons. The molecule has 4 unspecified atom stereocenters. The Balaban J connectivity index is 1.50. The number of aromatic nitrogens is 2. The van der Waals surface area contributed by atoms with Gasteiger partial charge in [0.1, 0.15) is 24.1 Å². The summed E-state index contributed by atoms with van der Waals surface area (Å²) in [5.74, 6) is -0.597. The Bertz CT molecular complexity index is 1050. The van der Waals surface area contributed by atoms with Gasteiger partial charge in [-0.2, -0.15) is 4.98 Å². The molecule has 3 rings (SSSR count). The third-order valence-electron chi connectivity index (χ3n) is 5.44. The fourth-order valence-corrected chi connectivity index (χ4v) is 3.61. The summed E-state index contributed by atoms with van der Waals surface area (Å²) in [6.07, 6.45) is -3.22. The van der Waals surface area contributed by atoms with E-state index < -0.39 is 42.7 Å². The van der Waals surface area contributed by atoms with Gasteiger partial charge in [-0.25, -0.2) is 4.79 Å². The van der Waals surface area contributed by atoms with Crippen molar-refractivity contribution >= 4 is 23.3 Å². The third kappa shape index (κ3) is 5.82. The second-order valence-corrected chi connectivity index (χ2v) is 7.95. The van der Waals surface area contributed by atoms with Crippen molar-refractivity contribution < 1.29 is 29.6 Å². The highest BCUT2D eigenvalue weighted by Gasteiger charge is 2.43. The summed E-state index contributed by atoms with van der Waals surface area (Å²) in [6, 6.07) is 7.07. The largest absolute Gasteiger partial charge is 0.394 e. The summed E-state index contributed by atoms with van der Waals surface area (Å²) in [5.41, 5.74) is 1.87. The van der Waals surface area contributed by atoms with Crippen LogP contribution in [0.4, 0.5) is 11.5 Å². The second kappa shape index (κ2) is 10.7. The van der Waals surface area contributed by atoms with Gasteiger partial charge in [-0.1, -0.05) is 18.2 Å². The van der Waals surface area contributed by atoms with Crippen LogP contribution in [-0.2, 0) is 14.3 Å². The van der Waals surface area contributed by atoms with Crippen molar-refractivity contribution in [3.8, 4) is 0 Å². The van der Waals surface area contributed by atoms with Crippen molar-refractivity contribution in [2.75, 3.05) is 17.2 Å². The molecule has 1 aromatic heterocycles. The number of hydrogen-bond donors (Lipinski definition) is 5. The van der Waals surface area contributed by atoms with Crippen LogP contribution in [0.15, 0.2) is 35.3 Å². The molecule has 11 nitrogen and oxygen atoms in total. The fraction of sp³-hybridized carbons (Fsp3) is 0.455. The molecule has 11 heteroatoms. The van der Waals surface area contributed by atoms with Gasteiger partial charge in [-0.05, 0) is 37.5 Å². The molecule has 1 aliphatic heterocycles. The minimum atomic E-state index is -1.42. The Labute approximate surface area is 190 Å². The minimum absolute atomic E-state index is 0.00739. The van der Waals surface area contributed by atoms with E-state index in [-0.39, 0.29) is 24.6 Å². The van der Waals surface area contributed by atoms with Gasteiger partial charge in [0.25, 0.3) is 0 Å². The number of benzene rings is 1. The number of aliphatic hydroxyl groups excluding tert-OH is 3. The van der Waals surface area contributed by atoms with Gasteiger partial charge in [0, 0.05) is 24.7 Å². The van der Waals surface area contributed by atoms with Crippen LogP contribution in [0.3, 0.4) is 0 Å². The van der Waals surface area contributed by atoms with Crippen LogP contribution in [-0.4, -0.2) is 61.6 Å². The third-order valence-corrected chi connectivity index (χ3v) is 5.44. The topological polar surface area (TPSA) is 163 Å². The van der Waals surface area contributed by atoms with Crippen molar-refractivity contribution in [2.24, 2.45) is 0 Å². The molecule has 2 amide bonds. The number of rotatable bonds is 8. The van der Waals surface area contributed by atoms with Crippen LogP contribution in [0.25, 0.3) is 0 Å². The number of nitrogens with zero attached hydrogens (tertiary/aromatic N) is 2. The second-order valence-electron chi connectivity index (χ2n) is 7.95. The standard InChI is InChI=1S/C22H28N4O7/c1-12-5-3-6-13(2)18(12)25-17(29)8-4-7-16(28)23-15-9-10-26(22(32)24-15)21-20(31)19(30)14(11-27)33-21/h3,5-6,9-10,14,19-21,27,30-31H,4,7-8,11H2,1-2H3,(H,25,29)(H,23,24,28,32). The monoisotopic (exact) mass is 460 g/mol. The molecule has 1 fully saturated rings. The van der Waals surface area contributed by atoms with E-state index >= 15 is 0 Å². The zero-order valence-corrected chi connectivity index (χ0v) is 18.4. The quantitative estimate of drug-likeness (QED) is 0.373. The van der Waals surface area contributed by atoms with E-state index in [2.05, 4.69) is 15.6 Å². The van der Waals surface area contributed by atoms with Gasteiger partial charge in [0.2, 0.25) is 11.8 Å². The first kappa shape index (κ1) is 24.5. The minimum Gasteiger partial charge on any atom is -0.394 e. The van der Waals surface area contributed by atoms with Gasteiger partial charge in [-0.15, -0.1) is 0 Å². The van der Waals surface area contributed by atoms with Gasteiger partial charge >= 0.3 is 5.69 Å². The maximum absolute atomic E-state index is 12.3. The SMILES string of the molecule is Cc1cccc(C)c1NC(=O)CCCC(=O)Nc1ccn(C2OC(CO)C(O)C2O)c(=O)n1. The summed E-state index contributed by atoms with van der Waals surface area (Å²) in [5, 5.41) is 34.4. The van der Waals surface area contributed by atoms with Crippen molar-refractivity contribution in [3.05, 3.63) is 52.1 Å². The summed E-state index contributed by atoms with van der Waals surface area (Å²) < 4.78 is 6.27. The number of para-hydroxylation sites is 1. The Morgan fingerprint density at radius 3 is 2.27 bits per heavy atom. The average molecular weight is 460 g/mol. The summed E-state index contributed by atoms with van der Waals surface area (Å²) >= 11 is 0. The fourth-order valence-electron chi connectivity index (χ4n) is 3.61. The number of nitrogens with one attached hydrogen (secondary N) is 2. The lowest BCUT2D eigenvalue weighted by Gasteiger charge is -2.17. The van der Waals surface area contributed by atoms with Crippen LogP contribution in [0, 0.1) is 13.8 Å². The lowest BCUT2D eigenvalue weighted by molar-refractivity contribution is -0.117. The number of carbonyl (C=O) groups excluding carboxylic acids is 2. The molecular weight excluding hydrogens is 432 g/mol. The number of hydrogen-bond acceptors (Lipinski definition) is 8. The number of carbonyl (C=O) groups is 2. The van der Waals surface area contributed by atoms with E-state index in [1.807, 2.05) is 32.0 Å². The predicted octanol–water partition coefficient (Wildman–Crippen LogP) is 0.219.